The number of amides is 1. The smallest absolute Gasteiger partial charge is 0.407 e. The molecule has 6 nitrogen and oxygen atoms in total. The van der Waals surface area contributed by atoms with Crippen LogP contribution >= 0.6 is 11.6 Å². The van der Waals surface area contributed by atoms with Crippen molar-refractivity contribution in [3.8, 4) is 11.1 Å². The molecular weight excluding hydrogens is 394 g/mol. The van der Waals surface area contributed by atoms with Gasteiger partial charge in [-0.3, -0.25) is 0 Å². The molecule has 0 aromatic heterocycles. The lowest BCUT2D eigenvalue weighted by molar-refractivity contribution is -0.151. The van der Waals surface area contributed by atoms with Gasteiger partial charge in [-0.25, -0.2) is 9.59 Å². The predicted octanol–water partition coefficient (Wildman–Crippen LogP) is 3.98. The van der Waals surface area contributed by atoms with E-state index >= 15 is 0 Å². The Morgan fingerprint density at radius 3 is 2.31 bits per heavy atom. The second-order valence-electron chi connectivity index (χ2n) is 7.63. The fourth-order valence-corrected chi connectivity index (χ4v) is 2.93. The first-order valence-electron chi connectivity index (χ1n) is 9.19. The molecule has 2 aromatic rings. The second kappa shape index (κ2) is 9.76. The van der Waals surface area contributed by atoms with Gasteiger partial charge in [0.25, 0.3) is 0 Å². The number of aliphatic hydroxyl groups is 1. The first-order valence-corrected chi connectivity index (χ1v) is 9.57. The summed E-state index contributed by atoms with van der Waals surface area (Å²) in [6.07, 6.45) is -2.04. The molecule has 29 heavy (non-hydrogen) atoms. The summed E-state index contributed by atoms with van der Waals surface area (Å²) in [5.74, 6) is -0.832. The number of carbonyl (C=O) groups is 2. The molecule has 0 heterocycles. The Balaban J connectivity index is 2.17. The number of rotatable bonds is 6. The van der Waals surface area contributed by atoms with Crippen molar-refractivity contribution in [3.05, 3.63) is 59.1 Å². The number of carbonyl (C=O) groups excluding carboxylic acids is 2. The Labute approximate surface area is 175 Å². The molecule has 2 rings (SSSR count). The normalized spacial score (nSPS) is 13.3. The average molecular weight is 420 g/mol. The third-order valence-corrected chi connectivity index (χ3v) is 4.33. The van der Waals surface area contributed by atoms with Gasteiger partial charge < -0.3 is 19.9 Å². The minimum Gasteiger partial charge on any atom is -0.467 e. The zero-order valence-corrected chi connectivity index (χ0v) is 17.7. The topological polar surface area (TPSA) is 84.9 Å². The van der Waals surface area contributed by atoms with Gasteiger partial charge in [0.1, 0.15) is 5.60 Å². The fourth-order valence-electron chi connectivity index (χ4n) is 2.74. The summed E-state index contributed by atoms with van der Waals surface area (Å²) >= 11 is 6.04. The van der Waals surface area contributed by atoms with Gasteiger partial charge in [0.05, 0.1) is 13.2 Å². The van der Waals surface area contributed by atoms with Gasteiger partial charge >= 0.3 is 12.1 Å². The lowest BCUT2D eigenvalue weighted by Crippen LogP contribution is -2.50. The summed E-state index contributed by atoms with van der Waals surface area (Å²) in [6.45, 7) is 5.19. The molecule has 0 aliphatic rings. The van der Waals surface area contributed by atoms with E-state index < -0.39 is 29.8 Å². The van der Waals surface area contributed by atoms with E-state index in [-0.39, 0.29) is 6.42 Å². The lowest BCUT2D eigenvalue weighted by atomic mass is 9.98. The van der Waals surface area contributed by atoms with Gasteiger partial charge in [-0.05, 0) is 56.0 Å². The Morgan fingerprint density at radius 2 is 1.76 bits per heavy atom. The van der Waals surface area contributed by atoms with Gasteiger partial charge in [-0.15, -0.1) is 0 Å². The van der Waals surface area contributed by atoms with Crippen molar-refractivity contribution in [2.45, 2.75) is 44.9 Å². The van der Waals surface area contributed by atoms with Crippen molar-refractivity contribution in [2.24, 2.45) is 0 Å². The van der Waals surface area contributed by atoms with Gasteiger partial charge in [0, 0.05) is 5.02 Å². The van der Waals surface area contributed by atoms with E-state index in [0.717, 1.165) is 16.7 Å². The molecule has 0 saturated heterocycles. The molecule has 0 saturated carbocycles. The first-order chi connectivity index (χ1) is 13.6. The van der Waals surface area contributed by atoms with Crippen LogP contribution in [0.5, 0.6) is 0 Å². The van der Waals surface area contributed by atoms with Crippen LogP contribution in [0.2, 0.25) is 5.02 Å². The number of methoxy groups -OCH3 is 1. The summed E-state index contributed by atoms with van der Waals surface area (Å²) in [4.78, 5) is 23.9. The van der Waals surface area contributed by atoms with E-state index in [9.17, 15) is 14.7 Å². The monoisotopic (exact) mass is 419 g/mol. The molecule has 2 aromatic carbocycles. The van der Waals surface area contributed by atoms with Gasteiger partial charge in [-0.1, -0.05) is 48.0 Å². The standard InChI is InChI=1S/C22H26ClNO5/c1-22(2,3)29-21(27)24-18(19(25)20(26)28-4)12-14-8-10-15(11-9-14)16-6-5-7-17(23)13-16/h5-11,13,18-19,25H,12H2,1-4H3,(H,24,27)/t18-,19?/m1/s1. The largest absolute Gasteiger partial charge is 0.467 e. The molecule has 1 unspecified atom stereocenters. The van der Waals surface area contributed by atoms with E-state index in [0.29, 0.717) is 5.02 Å². The number of hydrogen-bond donors (Lipinski definition) is 2. The Bertz CT molecular complexity index is 845. The van der Waals surface area contributed by atoms with Crippen LogP contribution in [0.1, 0.15) is 26.3 Å². The van der Waals surface area contributed by atoms with Crippen LogP contribution in [0.4, 0.5) is 4.79 Å². The number of alkyl carbamates (subject to hydrolysis) is 1. The number of benzene rings is 2. The summed E-state index contributed by atoms with van der Waals surface area (Å²) in [7, 11) is 1.18. The van der Waals surface area contributed by atoms with Crippen molar-refractivity contribution in [2.75, 3.05) is 7.11 Å². The number of halogens is 1. The minimum absolute atomic E-state index is 0.214. The average Bonchev–Trinajstić information content (AvgIpc) is 2.65. The highest BCUT2D eigenvalue weighted by atomic mass is 35.5. The molecule has 0 aliphatic carbocycles. The molecule has 156 valence electrons. The number of esters is 1. The molecule has 2 N–H and O–H groups in total. The zero-order valence-electron chi connectivity index (χ0n) is 16.9. The maximum Gasteiger partial charge on any atom is 0.407 e. The van der Waals surface area contributed by atoms with Gasteiger partial charge in [0.2, 0.25) is 0 Å². The molecule has 0 radical (unpaired) electrons. The van der Waals surface area contributed by atoms with E-state index in [1.807, 2.05) is 42.5 Å². The molecule has 1 amide bonds. The van der Waals surface area contributed by atoms with E-state index in [1.54, 1.807) is 26.8 Å². The molecule has 0 bridgehead atoms. The molecule has 0 aliphatic heterocycles. The number of nitrogens with one attached hydrogen (secondary N) is 1. The Morgan fingerprint density at radius 1 is 1.10 bits per heavy atom. The van der Waals surface area contributed by atoms with Crippen molar-refractivity contribution in [1.82, 2.24) is 5.32 Å². The maximum atomic E-state index is 12.1. The van der Waals surface area contributed by atoms with E-state index in [4.69, 9.17) is 16.3 Å². The third kappa shape index (κ3) is 7.07. The van der Waals surface area contributed by atoms with Crippen molar-refractivity contribution < 1.29 is 24.2 Å². The van der Waals surface area contributed by atoms with Crippen LogP contribution in [-0.2, 0) is 20.7 Å². The molecular formula is C22H26ClNO5. The SMILES string of the molecule is COC(=O)C(O)[C@@H](Cc1ccc(-c2cccc(Cl)c2)cc1)NC(=O)OC(C)(C)C. The summed E-state index contributed by atoms with van der Waals surface area (Å²) in [5.41, 5.74) is 2.06. The molecule has 0 fully saturated rings. The number of hydrogen-bond acceptors (Lipinski definition) is 5. The van der Waals surface area contributed by atoms with Gasteiger partial charge in [0.15, 0.2) is 6.10 Å². The molecule has 7 heteroatoms. The Kier molecular flexibility index (Phi) is 7.65. The van der Waals surface area contributed by atoms with Crippen LogP contribution in [0.25, 0.3) is 11.1 Å². The van der Waals surface area contributed by atoms with Gasteiger partial charge in [-0.2, -0.15) is 0 Å². The first kappa shape index (κ1) is 22.7. The number of ether oxygens (including phenoxy) is 2. The quantitative estimate of drug-likeness (QED) is 0.692. The highest BCUT2D eigenvalue weighted by Gasteiger charge is 2.30. The van der Waals surface area contributed by atoms with E-state index in [2.05, 4.69) is 10.1 Å². The van der Waals surface area contributed by atoms with Crippen LogP contribution in [0.3, 0.4) is 0 Å². The lowest BCUT2D eigenvalue weighted by Gasteiger charge is -2.25. The summed E-state index contributed by atoms with van der Waals surface area (Å²) in [5, 5.41) is 13.5. The van der Waals surface area contributed by atoms with E-state index in [1.165, 1.54) is 7.11 Å². The van der Waals surface area contributed by atoms with Crippen LogP contribution in [-0.4, -0.2) is 42.0 Å². The zero-order chi connectivity index (χ0) is 21.6. The van der Waals surface area contributed by atoms with Crippen LogP contribution in [0.15, 0.2) is 48.5 Å². The maximum absolute atomic E-state index is 12.1. The Hall–Kier alpha value is -2.57. The minimum atomic E-state index is -1.53. The third-order valence-electron chi connectivity index (χ3n) is 4.09. The second-order valence-corrected chi connectivity index (χ2v) is 8.07. The highest BCUT2D eigenvalue weighted by Crippen LogP contribution is 2.23. The van der Waals surface area contributed by atoms with Crippen molar-refractivity contribution in [3.63, 3.8) is 0 Å². The highest BCUT2D eigenvalue weighted by molar-refractivity contribution is 6.30. The number of aliphatic hydroxyl groups excluding tert-OH is 1. The summed E-state index contributed by atoms with van der Waals surface area (Å²) < 4.78 is 9.84. The molecule has 2 atom stereocenters. The predicted molar refractivity (Wildman–Crippen MR) is 112 cm³/mol. The summed E-state index contributed by atoms with van der Waals surface area (Å²) in [6, 6.07) is 14.1. The van der Waals surface area contributed by atoms with Crippen LogP contribution in [0, 0.1) is 0 Å². The van der Waals surface area contributed by atoms with Crippen LogP contribution < -0.4 is 5.32 Å². The fraction of sp³-hybridized carbons (Fsp3) is 0.364. The van der Waals surface area contributed by atoms with Crippen molar-refractivity contribution in [1.29, 1.82) is 0 Å². The molecule has 0 spiro atoms. The van der Waals surface area contributed by atoms with Crippen molar-refractivity contribution >= 4 is 23.7 Å².